The summed E-state index contributed by atoms with van der Waals surface area (Å²) in [6.07, 6.45) is 1.66. The van der Waals surface area contributed by atoms with Gasteiger partial charge in [0, 0.05) is 10.1 Å². The number of rotatable bonds is 4. The molecule has 84 valence electrons. The van der Waals surface area contributed by atoms with Crippen molar-refractivity contribution in [1.29, 1.82) is 0 Å². The fourth-order valence-electron chi connectivity index (χ4n) is 1.42. The molecule has 1 atom stereocenters. The molecule has 1 aromatic rings. The molecular weight excluding hydrogens is 213 g/mol. The van der Waals surface area contributed by atoms with Gasteiger partial charge in [-0.25, -0.2) is 4.39 Å². The fourth-order valence-corrected chi connectivity index (χ4v) is 2.83. The molecule has 15 heavy (non-hydrogen) atoms. The standard InChI is InChI=1S/C11H16FNOS/c1-3-8(4-2)15(14)9-5-6-11(13)10(12)7-9/h5-8H,3-4,13H2,1-2H3. The van der Waals surface area contributed by atoms with Crippen molar-refractivity contribution in [3.05, 3.63) is 24.0 Å². The molecule has 0 amide bonds. The predicted molar refractivity (Wildman–Crippen MR) is 61.6 cm³/mol. The van der Waals surface area contributed by atoms with Gasteiger partial charge in [0.2, 0.25) is 0 Å². The molecule has 0 fully saturated rings. The summed E-state index contributed by atoms with van der Waals surface area (Å²) in [5.41, 5.74) is 5.45. The molecule has 0 aliphatic heterocycles. The van der Waals surface area contributed by atoms with Crippen molar-refractivity contribution in [2.45, 2.75) is 36.8 Å². The van der Waals surface area contributed by atoms with E-state index >= 15 is 0 Å². The van der Waals surface area contributed by atoms with Crippen LogP contribution in [0.25, 0.3) is 0 Å². The van der Waals surface area contributed by atoms with E-state index in [0.717, 1.165) is 12.8 Å². The van der Waals surface area contributed by atoms with Crippen LogP contribution in [0.1, 0.15) is 26.7 Å². The molecule has 0 saturated carbocycles. The summed E-state index contributed by atoms with van der Waals surface area (Å²) < 4.78 is 25.1. The van der Waals surface area contributed by atoms with Gasteiger partial charge in [0.25, 0.3) is 0 Å². The van der Waals surface area contributed by atoms with E-state index < -0.39 is 16.6 Å². The molecule has 1 rings (SSSR count). The zero-order chi connectivity index (χ0) is 11.4. The highest BCUT2D eigenvalue weighted by atomic mass is 32.2. The summed E-state index contributed by atoms with van der Waals surface area (Å²) in [6.45, 7) is 3.97. The summed E-state index contributed by atoms with van der Waals surface area (Å²) in [5, 5.41) is 0.0908. The van der Waals surface area contributed by atoms with Crippen LogP contribution in [0.5, 0.6) is 0 Å². The Morgan fingerprint density at radius 3 is 2.47 bits per heavy atom. The van der Waals surface area contributed by atoms with Gasteiger partial charge in [-0.3, -0.25) is 4.21 Å². The fraction of sp³-hybridized carbons (Fsp3) is 0.455. The zero-order valence-corrected chi connectivity index (χ0v) is 9.81. The van der Waals surface area contributed by atoms with Crippen LogP contribution in [0, 0.1) is 5.82 Å². The summed E-state index contributed by atoms with van der Waals surface area (Å²) in [7, 11) is -1.14. The summed E-state index contributed by atoms with van der Waals surface area (Å²) in [4.78, 5) is 0.524. The Labute approximate surface area is 92.1 Å². The highest BCUT2D eigenvalue weighted by Crippen LogP contribution is 2.19. The smallest absolute Gasteiger partial charge is 0.147 e. The first-order valence-corrected chi connectivity index (χ1v) is 6.27. The van der Waals surface area contributed by atoms with E-state index in [2.05, 4.69) is 0 Å². The van der Waals surface area contributed by atoms with Crippen LogP contribution in [0.2, 0.25) is 0 Å². The summed E-state index contributed by atoms with van der Waals surface area (Å²) >= 11 is 0. The Morgan fingerprint density at radius 2 is 2.00 bits per heavy atom. The summed E-state index contributed by atoms with van der Waals surface area (Å²) in [5.74, 6) is -0.494. The number of hydrogen-bond donors (Lipinski definition) is 1. The lowest BCUT2D eigenvalue weighted by Gasteiger charge is -2.12. The first-order valence-electron chi connectivity index (χ1n) is 5.05. The molecule has 0 radical (unpaired) electrons. The number of hydrogen-bond acceptors (Lipinski definition) is 2. The van der Waals surface area contributed by atoms with E-state index in [1.807, 2.05) is 13.8 Å². The number of nitrogens with two attached hydrogens (primary N) is 1. The van der Waals surface area contributed by atoms with Gasteiger partial charge in [0.15, 0.2) is 0 Å². The van der Waals surface area contributed by atoms with Gasteiger partial charge < -0.3 is 5.73 Å². The third kappa shape index (κ3) is 2.78. The van der Waals surface area contributed by atoms with Gasteiger partial charge in [-0.15, -0.1) is 0 Å². The topological polar surface area (TPSA) is 43.1 Å². The first-order chi connectivity index (χ1) is 7.10. The number of nitrogen functional groups attached to an aromatic ring is 1. The van der Waals surface area contributed by atoms with Crippen molar-refractivity contribution in [3.63, 3.8) is 0 Å². The van der Waals surface area contributed by atoms with Crippen LogP contribution >= 0.6 is 0 Å². The average Bonchev–Trinajstić information content (AvgIpc) is 2.23. The zero-order valence-electron chi connectivity index (χ0n) is 9.00. The minimum absolute atomic E-state index is 0.0908. The van der Waals surface area contributed by atoms with Crippen LogP contribution in [0.15, 0.2) is 23.1 Å². The Bertz CT molecular complexity index is 364. The van der Waals surface area contributed by atoms with E-state index in [1.165, 1.54) is 12.1 Å². The van der Waals surface area contributed by atoms with Gasteiger partial charge in [0.05, 0.1) is 16.5 Å². The minimum Gasteiger partial charge on any atom is -0.396 e. The monoisotopic (exact) mass is 229 g/mol. The van der Waals surface area contributed by atoms with E-state index in [-0.39, 0.29) is 10.9 Å². The second-order valence-electron chi connectivity index (χ2n) is 3.42. The van der Waals surface area contributed by atoms with Crippen molar-refractivity contribution in [2.24, 2.45) is 0 Å². The van der Waals surface area contributed by atoms with Crippen molar-refractivity contribution in [2.75, 3.05) is 5.73 Å². The van der Waals surface area contributed by atoms with Crippen molar-refractivity contribution < 1.29 is 8.60 Å². The Morgan fingerprint density at radius 1 is 1.40 bits per heavy atom. The van der Waals surface area contributed by atoms with Crippen molar-refractivity contribution >= 4 is 16.5 Å². The minimum atomic E-state index is -1.14. The van der Waals surface area contributed by atoms with Crippen molar-refractivity contribution in [3.8, 4) is 0 Å². The molecule has 0 spiro atoms. The van der Waals surface area contributed by atoms with E-state index in [9.17, 15) is 8.60 Å². The van der Waals surface area contributed by atoms with Gasteiger partial charge in [-0.05, 0) is 31.0 Å². The van der Waals surface area contributed by atoms with Crippen LogP contribution in [-0.4, -0.2) is 9.46 Å². The molecule has 0 aliphatic rings. The molecule has 0 heterocycles. The van der Waals surface area contributed by atoms with Gasteiger partial charge in [-0.2, -0.15) is 0 Å². The highest BCUT2D eigenvalue weighted by Gasteiger charge is 2.15. The third-order valence-corrected chi connectivity index (χ3v) is 4.41. The Kier molecular flexibility index (Phi) is 4.27. The molecular formula is C11H16FNOS. The predicted octanol–water partition coefficient (Wildman–Crippen LogP) is 2.70. The number of anilines is 1. The third-order valence-electron chi connectivity index (χ3n) is 2.42. The molecule has 0 aromatic heterocycles. The van der Waals surface area contributed by atoms with Crippen molar-refractivity contribution in [1.82, 2.24) is 0 Å². The second kappa shape index (κ2) is 5.26. The molecule has 2 N–H and O–H groups in total. The van der Waals surface area contributed by atoms with Crippen LogP contribution < -0.4 is 5.73 Å². The highest BCUT2D eigenvalue weighted by molar-refractivity contribution is 7.85. The quantitative estimate of drug-likeness (QED) is 0.807. The maximum absolute atomic E-state index is 13.2. The van der Waals surface area contributed by atoms with Gasteiger partial charge in [0.1, 0.15) is 5.82 Å². The molecule has 0 bridgehead atoms. The SMILES string of the molecule is CCC(CC)S(=O)c1ccc(N)c(F)c1. The van der Waals surface area contributed by atoms with E-state index in [1.54, 1.807) is 6.07 Å². The lowest BCUT2D eigenvalue weighted by Crippen LogP contribution is -2.13. The lowest BCUT2D eigenvalue weighted by molar-refractivity contribution is 0.625. The summed E-state index contributed by atoms with van der Waals surface area (Å²) in [6, 6.07) is 4.36. The van der Waals surface area contributed by atoms with Crippen LogP contribution in [0.4, 0.5) is 10.1 Å². The molecule has 1 aromatic carbocycles. The van der Waals surface area contributed by atoms with Gasteiger partial charge in [-0.1, -0.05) is 13.8 Å². The maximum Gasteiger partial charge on any atom is 0.147 e. The molecule has 4 heteroatoms. The van der Waals surface area contributed by atoms with Crippen LogP contribution in [-0.2, 0) is 10.8 Å². The van der Waals surface area contributed by atoms with E-state index in [4.69, 9.17) is 5.73 Å². The lowest BCUT2D eigenvalue weighted by atomic mass is 10.3. The van der Waals surface area contributed by atoms with E-state index in [0.29, 0.717) is 4.90 Å². The molecule has 1 unspecified atom stereocenters. The molecule has 0 aliphatic carbocycles. The average molecular weight is 229 g/mol. The van der Waals surface area contributed by atoms with Gasteiger partial charge >= 0.3 is 0 Å². The largest absolute Gasteiger partial charge is 0.396 e. The Balaban J connectivity index is 2.96. The normalized spacial score (nSPS) is 13.1. The molecule has 2 nitrogen and oxygen atoms in total. The number of benzene rings is 1. The maximum atomic E-state index is 13.2. The second-order valence-corrected chi connectivity index (χ2v) is 5.15. The first kappa shape index (κ1) is 12.2. The number of halogens is 1. The molecule has 0 saturated heterocycles. The Hall–Kier alpha value is -0.900. The van der Waals surface area contributed by atoms with Crippen LogP contribution in [0.3, 0.4) is 0 Å².